The first-order chi connectivity index (χ1) is 13.0. The Morgan fingerprint density at radius 3 is 2.74 bits per heavy atom. The van der Waals surface area contributed by atoms with Crippen LogP contribution in [0.4, 0.5) is 8.78 Å². The SMILES string of the molecule is O=C(Cc1nc2c([nH]c3nccnc32)c(=O)[nH]1)NCc1ccc(F)cc1F. The zero-order chi connectivity index (χ0) is 19.0. The zero-order valence-electron chi connectivity index (χ0n) is 13.7. The molecule has 136 valence electrons. The molecule has 0 saturated heterocycles. The zero-order valence-corrected chi connectivity index (χ0v) is 13.7. The van der Waals surface area contributed by atoms with Gasteiger partial charge in [-0.25, -0.2) is 23.7 Å². The minimum atomic E-state index is -0.749. The second-order valence-corrected chi connectivity index (χ2v) is 5.80. The van der Waals surface area contributed by atoms with Crippen LogP contribution in [0.5, 0.6) is 0 Å². The first-order valence-electron chi connectivity index (χ1n) is 7.93. The molecule has 0 atom stereocenters. The second kappa shape index (κ2) is 6.56. The fraction of sp³-hybridized carbons (Fsp3) is 0.118. The molecule has 1 amide bonds. The molecule has 0 aliphatic heterocycles. The van der Waals surface area contributed by atoms with Gasteiger partial charge in [0.1, 0.15) is 34.0 Å². The quantitative estimate of drug-likeness (QED) is 0.501. The highest BCUT2D eigenvalue weighted by Crippen LogP contribution is 2.16. The molecule has 8 nitrogen and oxygen atoms in total. The maximum absolute atomic E-state index is 13.6. The molecule has 3 N–H and O–H groups in total. The largest absolute Gasteiger partial charge is 0.352 e. The van der Waals surface area contributed by atoms with Crippen molar-refractivity contribution in [3.63, 3.8) is 0 Å². The lowest BCUT2D eigenvalue weighted by Gasteiger charge is -2.06. The molecule has 0 fully saturated rings. The van der Waals surface area contributed by atoms with E-state index >= 15 is 0 Å². The van der Waals surface area contributed by atoms with Crippen LogP contribution >= 0.6 is 0 Å². The van der Waals surface area contributed by atoms with Crippen LogP contribution in [0, 0.1) is 11.6 Å². The van der Waals surface area contributed by atoms with Gasteiger partial charge in [-0.05, 0) is 6.07 Å². The number of aromatic nitrogens is 5. The fourth-order valence-corrected chi connectivity index (χ4v) is 2.69. The van der Waals surface area contributed by atoms with Crippen LogP contribution in [0.15, 0.2) is 35.4 Å². The molecule has 0 saturated carbocycles. The van der Waals surface area contributed by atoms with Gasteiger partial charge in [-0.15, -0.1) is 0 Å². The molecule has 0 aliphatic rings. The summed E-state index contributed by atoms with van der Waals surface area (Å²) >= 11 is 0. The van der Waals surface area contributed by atoms with Gasteiger partial charge < -0.3 is 15.3 Å². The van der Waals surface area contributed by atoms with E-state index in [1.807, 2.05) is 0 Å². The minimum absolute atomic E-state index is 0.115. The number of aromatic amines is 2. The van der Waals surface area contributed by atoms with Crippen molar-refractivity contribution >= 4 is 28.1 Å². The van der Waals surface area contributed by atoms with Crippen LogP contribution < -0.4 is 10.9 Å². The lowest BCUT2D eigenvalue weighted by atomic mass is 10.2. The Balaban J connectivity index is 1.55. The summed E-state index contributed by atoms with van der Waals surface area (Å²) in [6.45, 7) is -0.115. The Kier molecular flexibility index (Phi) is 4.07. The van der Waals surface area contributed by atoms with Gasteiger partial charge in [0, 0.05) is 30.6 Å². The van der Waals surface area contributed by atoms with Gasteiger partial charge in [-0.3, -0.25) is 9.59 Å². The molecule has 3 heterocycles. The van der Waals surface area contributed by atoms with Gasteiger partial charge in [-0.1, -0.05) is 6.07 Å². The van der Waals surface area contributed by atoms with E-state index in [1.54, 1.807) is 0 Å². The Bertz CT molecular complexity index is 1230. The average molecular weight is 370 g/mol. The van der Waals surface area contributed by atoms with Crippen LogP contribution in [0.3, 0.4) is 0 Å². The minimum Gasteiger partial charge on any atom is -0.352 e. The van der Waals surface area contributed by atoms with Crippen LogP contribution in [-0.2, 0) is 17.8 Å². The van der Waals surface area contributed by atoms with Crippen molar-refractivity contribution in [2.24, 2.45) is 0 Å². The number of H-pyrrole nitrogens is 2. The van der Waals surface area contributed by atoms with E-state index in [1.165, 1.54) is 18.5 Å². The van der Waals surface area contributed by atoms with Gasteiger partial charge >= 0.3 is 0 Å². The van der Waals surface area contributed by atoms with Gasteiger partial charge in [0.05, 0.1) is 6.42 Å². The van der Waals surface area contributed by atoms with Crippen molar-refractivity contribution in [3.05, 3.63) is 64.0 Å². The number of nitrogens with one attached hydrogen (secondary N) is 3. The Labute approximate surface area is 149 Å². The molecule has 1 aromatic carbocycles. The molecule has 4 aromatic rings. The summed E-state index contributed by atoms with van der Waals surface area (Å²) in [6, 6.07) is 3.10. The normalized spacial score (nSPS) is 11.2. The maximum Gasteiger partial charge on any atom is 0.275 e. The van der Waals surface area contributed by atoms with Crippen LogP contribution in [-0.4, -0.2) is 30.8 Å². The third kappa shape index (κ3) is 3.24. The van der Waals surface area contributed by atoms with Gasteiger partial charge in [0.15, 0.2) is 5.65 Å². The number of fused-ring (bicyclic) bond motifs is 3. The van der Waals surface area contributed by atoms with Crippen molar-refractivity contribution < 1.29 is 13.6 Å². The monoisotopic (exact) mass is 370 g/mol. The summed E-state index contributed by atoms with van der Waals surface area (Å²) in [7, 11) is 0. The molecule has 27 heavy (non-hydrogen) atoms. The van der Waals surface area contributed by atoms with Crippen molar-refractivity contribution in [2.45, 2.75) is 13.0 Å². The fourth-order valence-electron chi connectivity index (χ4n) is 2.69. The molecular weight excluding hydrogens is 358 g/mol. The molecule has 0 bridgehead atoms. The number of hydrogen-bond donors (Lipinski definition) is 3. The first-order valence-corrected chi connectivity index (χ1v) is 7.93. The van der Waals surface area contributed by atoms with Crippen molar-refractivity contribution in [3.8, 4) is 0 Å². The molecule has 0 spiro atoms. The topological polar surface area (TPSA) is 116 Å². The number of rotatable bonds is 4. The van der Waals surface area contributed by atoms with Crippen molar-refractivity contribution in [1.82, 2.24) is 30.2 Å². The lowest BCUT2D eigenvalue weighted by Crippen LogP contribution is -2.27. The molecule has 0 radical (unpaired) electrons. The van der Waals surface area contributed by atoms with Gasteiger partial charge in [0.2, 0.25) is 5.91 Å². The predicted molar refractivity (Wildman–Crippen MR) is 91.7 cm³/mol. The Morgan fingerprint density at radius 2 is 1.93 bits per heavy atom. The van der Waals surface area contributed by atoms with Crippen LogP contribution in [0.2, 0.25) is 0 Å². The van der Waals surface area contributed by atoms with Crippen molar-refractivity contribution in [2.75, 3.05) is 0 Å². The second-order valence-electron chi connectivity index (χ2n) is 5.80. The molecule has 4 rings (SSSR count). The molecule has 0 unspecified atom stereocenters. The summed E-state index contributed by atoms with van der Waals surface area (Å²) in [4.78, 5) is 42.2. The predicted octanol–water partition coefficient (Wildman–Crippen LogP) is 1.33. The highest BCUT2D eigenvalue weighted by molar-refractivity contribution is 6.00. The number of carbonyl (C=O) groups is 1. The highest BCUT2D eigenvalue weighted by atomic mass is 19.1. The highest BCUT2D eigenvalue weighted by Gasteiger charge is 2.14. The molecule has 3 aromatic heterocycles. The molecule has 10 heteroatoms. The van der Waals surface area contributed by atoms with E-state index in [0.717, 1.165) is 12.1 Å². The van der Waals surface area contributed by atoms with Gasteiger partial charge in [0.25, 0.3) is 5.56 Å². The summed E-state index contributed by atoms with van der Waals surface area (Å²) in [5.74, 6) is -1.79. The van der Waals surface area contributed by atoms with Gasteiger partial charge in [-0.2, -0.15) is 0 Å². The third-order valence-corrected chi connectivity index (χ3v) is 3.95. The van der Waals surface area contributed by atoms with Crippen molar-refractivity contribution in [1.29, 1.82) is 0 Å². The standard InChI is InChI=1S/C17H12F2N6O2/c18-9-2-1-8(10(19)5-9)7-22-12(26)6-11-23-13-14-16(21-4-3-20-14)25-15(13)17(27)24-11/h1-5H,6-7H2,(H,21,25)(H,22,26)(H,23,24,27). The number of nitrogens with zero attached hydrogens (tertiary/aromatic N) is 3. The maximum atomic E-state index is 13.6. The number of halogens is 2. The molecular formula is C17H12F2N6O2. The van der Waals surface area contributed by atoms with E-state index in [0.29, 0.717) is 16.7 Å². The van der Waals surface area contributed by atoms with Crippen LogP contribution in [0.25, 0.3) is 22.2 Å². The summed E-state index contributed by atoms with van der Waals surface area (Å²) in [5, 5.41) is 2.51. The number of carbonyl (C=O) groups excluding carboxylic acids is 1. The van der Waals surface area contributed by atoms with Crippen LogP contribution in [0.1, 0.15) is 11.4 Å². The summed E-state index contributed by atoms with van der Waals surface area (Å²) in [5.41, 5.74) is 1.07. The summed E-state index contributed by atoms with van der Waals surface area (Å²) < 4.78 is 26.5. The average Bonchev–Trinajstić information content (AvgIpc) is 3.00. The number of benzene rings is 1. The Morgan fingerprint density at radius 1 is 1.11 bits per heavy atom. The number of hydrogen-bond acceptors (Lipinski definition) is 5. The van der Waals surface area contributed by atoms with E-state index < -0.39 is 23.1 Å². The van der Waals surface area contributed by atoms with E-state index in [2.05, 4.69) is 30.2 Å². The third-order valence-electron chi connectivity index (χ3n) is 3.95. The van der Waals surface area contributed by atoms with E-state index in [4.69, 9.17) is 0 Å². The smallest absolute Gasteiger partial charge is 0.275 e. The van der Waals surface area contributed by atoms with E-state index in [-0.39, 0.29) is 29.9 Å². The Hall–Kier alpha value is -3.69. The lowest BCUT2D eigenvalue weighted by molar-refractivity contribution is -0.120. The number of amides is 1. The molecule has 0 aliphatic carbocycles. The first kappa shape index (κ1) is 16.8. The summed E-state index contributed by atoms with van der Waals surface area (Å²) in [6.07, 6.45) is 2.73. The van der Waals surface area contributed by atoms with E-state index in [9.17, 15) is 18.4 Å².